The highest BCUT2D eigenvalue weighted by Gasteiger charge is 2.09. The number of alkyl halides is 2. The molecule has 15 heavy (non-hydrogen) atoms. The van der Waals surface area contributed by atoms with Gasteiger partial charge in [-0.25, -0.2) is 8.78 Å². The van der Waals surface area contributed by atoms with E-state index in [1.807, 2.05) is 12.1 Å². The summed E-state index contributed by atoms with van der Waals surface area (Å²) in [5.41, 5.74) is 0.0204. The Hall–Kier alpha value is -1.64. The highest BCUT2D eigenvalue weighted by molar-refractivity contribution is 5.88. The highest BCUT2D eigenvalue weighted by atomic mass is 19.3. The molecule has 78 valence electrons. The van der Waals surface area contributed by atoms with Gasteiger partial charge < -0.3 is 4.74 Å². The molecule has 0 aliphatic rings. The van der Waals surface area contributed by atoms with Crippen LogP contribution in [0.4, 0.5) is 8.78 Å². The molecule has 0 aromatic heterocycles. The fourth-order valence-electron chi connectivity index (χ4n) is 1.58. The lowest BCUT2D eigenvalue weighted by Crippen LogP contribution is -1.87. The molecular formula is C12H10F2O. The van der Waals surface area contributed by atoms with Gasteiger partial charge >= 0.3 is 0 Å². The first-order valence-electron chi connectivity index (χ1n) is 4.57. The molecule has 2 rings (SSSR count). The van der Waals surface area contributed by atoms with Crippen LogP contribution in [0.3, 0.4) is 0 Å². The molecule has 0 atom stereocenters. The van der Waals surface area contributed by atoms with Crippen LogP contribution in [0.1, 0.15) is 12.0 Å². The van der Waals surface area contributed by atoms with E-state index in [-0.39, 0.29) is 5.56 Å². The Kier molecular flexibility index (Phi) is 2.54. The summed E-state index contributed by atoms with van der Waals surface area (Å²) >= 11 is 0. The zero-order valence-electron chi connectivity index (χ0n) is 8.21. The number of halogens is 2. The van der Waals surface area contributed by atoms with E-state index in [0.717, 1.165) is 10.8 Å². The molecule has 2 aromatic carbocycles. The summed E-state index contributed by atoms with van der Waals surface area (Å²) in [4.78, 5) is 0. The van der Waals surface area contributed by atoms with E-state index < -0.39 is 6.43 Å². The van der Waals surface area contributed by atoms with Crippen molar-refractivity contribution >= 4 is 10.8 Å². The Morgan fingerprint density at radius 1 is 1.13 bits per heavy atom. The largest absolute Gasteiger partial charge is 0.496 e. The van der Waals surface area contributed by atoms with E-state index >= 15 is 0 Å². The smallest absolute Gasteiger partial charge is 0.263 e. The van der Waals surface area contributed by atoms with Crippen molar-refractivity contribution in [2.75, 3.05) is 7.11 Å². The Balaban J connectivity index is 2.67. The third-order valence-electron chi connectivity index (χ3n) is 2.34. The number of hydrogen-bond donors (Lipinski definition) is 0. The molecule has 1 nitrogen and oxygen atoms in total. The molecule has 0 spiro atoms. The molecule has 0 saturated carbocycles. The first-order valence-corrected chi connectivity index (χ1v) is 4.57. The average Bonchev–Trinajstić information content (AvgIpc) is 2.27. The SMILES string of the molecule is COc1cccc2ccc(C(F)F)cc12. The predicted molar refractivity (Wildman–Crippen MR) is 55.5 cm³/mol. The van der Waals surface area contributed by atoms with Crippen LogP contribution in [0.25, 0.3) is 10.8 Å². The minimum absolute atomic E-state index is 0.0204. The van der Waals surface area contributed by atoms with Crippen LogP contribution in [0.5, 0.6) is 5.75 Å². The van der Waals surface area contributed by atoms with E-state index in [4.69, 9.17) is 4.74 Å². The number of ether oxygens (including phenoxy) is 1. The number of fused-ring (bicyclic) bond motifs is 1. The number of benzene rings is 2. The van der Waals surface area contributed by atoms with Gasteiger partial charge in [0.05, 0.1) is 7.11 Å². The molecule has 0 aliphatic carbocycles. The quantitative estimate of drug-likeness (QED) is 0.729. The summed E-state index contributed by atoms with van der Waals surface area (Å²) in [6.07, 6.45) is -2.45. The Labute approximate surface area is 86.3 Å². The lowest BCUT2D eigenvalue weighted by Gasteiger charge is -2.07. The van der Waals surface area contributed by atoms with Crippen molar-refractivity contribution in [1.29, 1.82) is 0 Å². The molecule has 3 heteroatoms. The van der Waals surface area contributed by atoms with Crippen LogP contribution in [0.15, 0.2) is 36.4 Å². The van der Waals surface area contributed by atoms with Crippen molar-refractivity contribution < 1.29 is 13.5 Å². The second-order valence-electron chi connectivity index (χ2n) is 3.24. The first-order chi connectivity index (χ1) is 7.22. The van der Waals surface area contributed by atoms with Crippen molar-refractivity contribution in [1.82, 2.24) is 0 Å². The molecule has 0 bridgehead atoms. The van der Waals surface area contributed by atoms with Crippen LogP contribution in [0.2, 0.25) is 0 Å². The number of hydrogen-bond acceptors (Lipinski definition) is 1. The van der Waals surface area contributed by atoms with Crippen LogP contribution >= 0.6 is 0 Å². The Morgan fingerprint density at radius 2 is 1.93 bits per heavy atom. The van der Waals surface area contributed by atoms with E-state index in [1.165, 1.54) is 19.2 Å². The molecule has 0 amide bonds. The van der Waals surface area contributed by atoms with Crippen molar-refractivity contribution in [2.45, 2.75) is 6.43 Å². The maximum Gasteiger partial charge on any atom is 0.263 e. The summed E-state index contributed by atoms with van der Waals surface area (Å²) in [5.74, 6) is 0.620. The fraction of sp³-hybridized carbons (Fsp3) is 0.167. The van der Waals surface area contributed by atoms with Crippen molar-refractivity contribution in [3.8, 4) is 5.75 Å². The Bertz CT molecular complexity index is 480. The summed E-state index contributed by atoms with van der Waals surface area (Å²) in [7, 11) is 1.53. The maximum atomic E-state index is 12.5. The van der Waals surface area contributed by atoms with Crippen LogP contribution in [-0.2, 0) is 0 Å². The van der Waals surface area contributed by atoms with Gasteiger partial charge in [0.2, 0.25) is 0 Å². The molecule has 0 fully saturated rings. The molecule has 0 saturated heterocycles. The van der Waals surface area contributed by atoms with Crippen LogP contribution < -0.4 is 4.74 Å². The summed E-state index contributed by atoms with van der Waals surface area (Å²) < 4.78 is 30.1. The van der Waals surface area contributed by atoms with E-state index in [9.17, 15) is 8.78 Å². The second kappa shape index (κ2) is 3.85. The topological polar surface area (TPSA) is 9.23 Å². The highest BCUT2D eigenvalue weighted by Crippen LogP contribution is 2.29. The van der Waals surface area contributed by atoms with Crippen LogP contribution in [0, 0.1) is 0 Å². The van der Waals surface area contributed by atoms with Gasteiger partial charge in [0.1, 0.15) is 5.75 Å². The van der Waals surface area contributed by atoms with Gasteiger partial charge in [-0.05, 0) is 17.5 Å². The second-order valence-corrected chi connectivity index (χ2v) is 3.24. The normalized spacial score (nSPS) is 10.9. The molecule has 0 unspecified atom stereocenters. The summed E-state index contributed by atoms with van der Waals surface area (Å²) in [5, 5.41) is 1.62. The van der Waals surface area contributed by atoms with Gasteiger partial charge in [-0.1, -0.05) is 24.3 Å². The maximum absolute atomic E-state index is 12.5. The molecule has 2 aromatic rings. The van der Waals surface area contributed by atoms with Gasteiger partial charge in [0, 0.05) is 10.9 Å². The molecule has 0 heterocycles. The first kappa shape index (κ1) is 9.90. The Morgan fingerprint density at radius 3 is 2.60 bits per heavy atom. The van der Waals surface area contributed by atoms with Crippen molar-refractivity contribution in [3.63, 3.8) is 0 Å². The van der Waals surface area contributed by atoms with Crippen molar-refractivity contribution in [2.24, 2.45) is 0 Å². The molecule has 0 N–H and O–H groups in total. The molecular weight excluding hydrogens is 198 g/mol. The number of rotatable bonds is 2. The van der Waals surface area contributed by atoms with E-state index in [0.29, 0.717) is 5.75 Å². The van der Waals surface area contributed by atoms with Gasteiger partial charge in [0.15, 0.2) is 0 Å². The lowest BCUT2D eigenvalue weighted by atomic mass is 10.1. The monoisotopic (exact) mass is 208 g/mol. The molecule has 0 aliphatic heterocycles. The summed E-state index contributed by atoms with van der Waals surface area (Å²) in [6.45, 7) is 0. The van der Waals surface area contributed by atoms with Gasteiger partial charge in [-0.2, -0.15) is 0 Å². The minimum Gasteiger partial charge on any atom is -0.496 e. The number of methoxy groups -OCH3 is 1. The standard InChI is InChI=1S/C12H10F2O/c1-15-11-4-2-3-8-5-6-9(12(13)14)7-10(8)11/h2-7,12H,1H3. The fourth-order valence-corrected chi connectivity index (χ4v) is 1.58. The van der Waals surface area contributed by atoms with Crippen molar-refractivity contribution in [3.05, 3.63) is 42.0 Å². The average molecular weight is 208 g/mol. The third kappa shape index (κ3) is 1.77. The van der Waals surface area contributed by atoms with Gasteiger partial charge in [0.25, 0.3) is 6.43 Å². The van der Waals surface area contributed by atoms with Crippen LogP contribution in [-0.4, -0.2) is 7.11 Å². The zero-order chi connectivity index (χ0) is 10.8. The predicted octanol–water partition coefficient (Wildman–Crippen LogP) is 3.79. The zero-order valence-corrected chi connectivity index (χ0v) is 8.21. The minimum atomic E-state index is -2.45. The lowest BCUT2D eigenvalue weighted by molar-refractivity contribution is 0.151. The van der Waals surface area contributed by atoms with E-state index in [1.54, 1.807) is 12.1 Å². The van der Waals surface area contributed by atoms with Gasteiger partial charge in [-0.15, -0.1) is 0 Å². The molecule has 0 radical (unpaired) electrons. The van der Waals surface area contributed by atoms with E-state index in [2.05, 4.69) is 0 Å². The van der Waals surface area contributed by atoms with Gasteiger partial charge in [-0.3, -0.25) is 0 Å². The third-order valence-corrected chi connectivity index (χ3v) is 2.34. The summed E-state index contributed by atoms with van der Waals surface area (Å²) in [6, 6.07) is 10.1.